The molecule has 0 radical (unpaired) electrons. The summed E-state index contributed by atoms with van der Waals surface area (Å²) in [6.45, 7) is 18.4. The van der Waals surface area contributed by atoms with Gasteiger partial charge in [0.05, 0.1) is 19.3 Å². The van der Waals surface area contributed by atoms with Crippen LogP contribution in [0.4, 0.5) is 0 Å². The maximum atomic E-state index is 9.40. The molecular formula is C22H46N2O3Si. The predicted octanol–water partition coefficient (Wildman–Crippen LogP) is 3.32. The van der Waals surface area contributed by atoms with Gasteiger partial charge in [0.2, 0.25) is 0 Å². The van der Waals surface area contributed by atoms with E-state index in [1.54, 1.807) is 0 Å². The van der Waals surface area contributed by atoms with E-state index >= 15 is 0 Å². The summed E-state index contributed by atoms with van der Waals surface area (Å²) in [4.78, 5) is 4.92. The Hall–Kier alpha value is 0.0169. The van der Waals surface area contributed by atoms with Gasteiger partial charge in [-0.3, -0.25) is 4.90 Å². The Labute approximate surface area is 174 Å². The van der Waals surface area contributed by atoms with Gasteiger partial charge in [0.1, 0.15) is 0 Å². The molecule has 2 aliphatic heterocycles. The summed E-state index contributed by atoms with van der Waals surface area (Å²) in [5.74, 6) is 0. The SMILES string of the molecule is CC(C)(C)[Si](C)(C)OCCCCN1CCC2(CC1)CCN(C(CO)CO)CC2. The van der Waals surface area contributed by atoms with Crippen LogP contribution in [0.1, 0.15) is 59.3 Å². The lowest BCUT2D eigenvalue weighted by Gasteiger charge is -2.48. The van der Waals surface area contributed by atoms with Gasteiger partial charge in [-0.05, 0) is 94.8 Å². The van der Waals surface area contributed by atoms with Crippen molar-refractivity contribution in [3.8, 4) is 0 Å². The average molecular weight is 415 g/mol. The first-order valence-electron chi connectivity index (χ1n) is 11.4. The van der Waals surface area contributed by atoms with Crippen LogP contribution in [0, 0.1) is 5.41 Å². The van der Waals surface area contributed by atoms with Gasteiger partial charge in [0.15, 0.2) is 8.32 Å². The summed E-state index contributed by atoms with van der Waals surface area (Å²) < 4.78 is 6.30. The van der Waals surface area contributed by atoms with E-state index in [2.05, 4.69) is 43.7 Å². The van der Waals surface area contributed by atoms with Crippen LogP contribution in [0.3, 0.4) is 0 Å². The maximum Gasteiger partial charge on any atom is 0.191 e. The van der Waals surface area contributed by atoms with E-state index in [0.29, 0.717) is 10.5 Å². The fourth-order valence-electron chi connectivity index (χ4n) is 4.38. The third-order valence-electron chi connectivity index (χ3n) is 7.85. The fourth-order valence-corrected chi connectivity index (χ4v) is 5.47. The molecular weight excluding hydrogens is 368 g/mol. The number of nitrogens with zero attached hydrogens (tertiary/aromatic N) is 2. The lowest BCUT2D eigenvalue weighted by molar-refractivity contribution is -0.00482. The van der Waals surface area contributed by atoms with Crippen molar-refractivity contribution in [3.05, 3.63) is 0 Å². The number of rotatable bonds is 9. The van der Waals surface area contributed by atoms with Crippen molar-refractivity contribution in [3.63, 3.8) is 0 Å². The third kappa shape index (κ3) is 6.51. The van der Waals surface area contributed by atoms with E-state index in [1.165, 1.54) is 58.2 Å². The number of hydrogen-bond donors (Lipinski definition) is 2. The van der Waals surface area contributed by atoms with Crippen molar-refractivity contribution >= 4 is 8.32 Å². The van der Waals surface area contributed by atoms with Crippen molar-refractivity contribution in [1.82, 2.24) is 9.80 Å². The average Bonchev–Trinajstić information content (AvgIpc) is 2.65. The second-order valence-corrected chi connectivity index (χ2v) is 15.5. The third-order valence-corrected chi connectivity index (χ3v) is 12.4. The van der Waals surface area contributed by atoms with E-state index in [-0.39, 0.29) is 19.3 Å². The lowest BCUT2D eigenvalue weighted by atomic mass is 9.71. The molecule has 2 heterocycles. The molecule has 0 aromatic rings. The molecule has 0 aromatic carbocycles. The normalized spacial score (nSPS) is 22.3. The zero-order valence-corrected chi connectivity index (χ0v) is 20.2. The van der Waals surface area contributed by atoms with Gasteiger partial charge in [0, 0.05) is 6.61 Å². The first-order chi connectivity index (χ1) is 13.1. The van der Waals surface area contributed by atoms with Crippen LogP contribution in [0.15, 0.2) is 0 Å². The Kier molecular flexibility index (Phi) is 8.99. The summed E-state index contributed by atoms with van der Waals surface area (Å²) >= 11 is 0. The molecule has 0 bridgehead atoms. The molecule has 0 aliphatic carbocycles. The lowest BCUT2D eigenvalue weighted by Crippen LogP contribution is -2.51. The van der Waals surface area contributed by atoms with Crippen LogP contribution < -0.4 is 0 Å². The van der Waals surface area contributed by atoms with E-state index in [9.17, 15) is 10.2 Å². The highest BCUT2D eigenvalue weighted by Gasteiger charge is 2.39. The van der Waals surface area contributed by atoms with Crippen LogP contribution >= 0.6 is 0 Å². The van der Waals surface area contributed by atoms with Gasteiger partial charge < -0.3 is 19.5 Å². The number of aliphatic hydroxyl groups excluding tert-OH is 2. The molecule has 0 amide bonds. The summed E-state index contributed by atoms with van der Waals surface area (Å²) in [5, 5.41) is 19.1. The van der Waals surface area contributed by atoms with E-state index in [4.69, 9.17) is 4.43 Å². The highest BCUT2D eigenvalue weighted by atomic mass is 28.4. The molecule has 2 fully saturated rings. The van der Waals surface area contributed by atoms with Gasteiger partial charge in [0.25, 0.3) is 0 Å². The first-order valence-corrected chi connectivity index (χ1v) is 14.4. The van der Waals surface area contributed by atoms with Gasteiger partial charge in [-0.1, -0.05) is 20.8 Å². The highest BCUT2D eigenvalue weighted by Crippen LogP contribution is 2.41. The van der Waals surface area contributed by atoms with Crippen molar-refractivity contribution < 1.29 is 14.6 Å². The minimum absolute atomic E-state index is 0.0639. The molecule has 0 unspecified atom stereocenters. The number of piperidine rings is 2. The fraction of sp³-hybridized carbons (Fsp3) is 1.00. The second-order valence-electron chi connectivity index (χ2n) is 10.7. The molecule has 0 saturated carbocycles. The predicted molar refractivity (Wildman–Crippen MR) is 119 cm³/mol. The van der Waals surface area contributed by atoms with Gasteiger partial charge in [-0.25, -0.2) is 0 Å². The number of unbranched alkanes of at least 4 members (excludes halogenated alkanes) is 1. The molecule has 2 N–H and O–H groups in total. The minimum Gasteiger partial charge on any atom is -0.417 e. The Balaban J connectivity index is 1.62. The second kappa shape index (κ2) is 10.4. The number of aliphatic hydroxyl groups is 2. The van der Waals surface area contributed by atoms with E-state index in [0.717, 1.165) is 19.7 Å². The molecule has 2 saturated heterocycles. The van der Waals surface area contributed by atoms with Gasteiger partial charge >= 0.3 is 0 Å². The first kappa shape index (κ1) is 24.3. The molecule has 6 heteroatoms. The summed E-state index contributed by atoms with van der Waals surface area (Å²) in [7, 11) is -1.59. The highest BCUT2D eigenvalue weighted by molar-refractivity contribution is 6.74. The molecule has 1 spiro atoms. The molecule has 2 aliphatic rings. The molecule has 2 rings (SSSR count). The zero-order valence-electron chi connectivity index (χ0n) is 19.2. The van der Waals surface area contributed by atoms with Crippen LogP contribution in [-0.2, 0) is 4.43 Å². The maximum absolute atomic E-state index is 9.40. The number of hydrogen-bond acceptors (Lipinski definition) is 5. The quantitative estimate of drug-likeness (QED) is 0.448. The molecule has 0 atom stereocenters. The Bertz CT molecular complexity index is 445. The van der Waals surface area contributed by atoms with Crippen molar-refractivity contribution in [2.45, 2.75) is 83.5 Å². The molecule has 166 valence electrons. The summed E-state index contributed by atoms with van der Waals surface area (Å²) in [6, 6.07) is -0.0639. The largest absolute Gasteiger partial charge is 0.417 e. The van der Waals surface area contributed by atoms with Crippen LogP contribution in [-0.4, -0.2) is 86.9 Å². The van der Waals surface area contributed by atoms with Crippen LogP contribution in [0.2, 0.25) is 18.1 Å². The minimum atomic E-state index is -1.59. The van der Waals surface area contributed by atoms with Crippen LogP contribution in [0.25, 0.3) is 0 Å². The molecule has 5 nitrogen and oxygen atoms in total. The standard InChI is InChI=1S/C22H46N2O3Si/c1-21(2,3)28(4,5)27-17-7-6-12-23-13-8-22(9-14-23)10-15-24(16-11-22)20(18-25)19-26/h20,25-26H,6-19H2,1-5H3. The van der Waals surface area contributed by atoms with Gasteiger partial charge in [-0.15, -0.1) is 0 Å². The van der Waals surface area contributed by atoms with Gasteiger partial charge in [-0.2, -0.15) is 0 Å². The van der Waals surface area contributed by atoms with E-state index < -0.39 is 8.32 Å². The Morgan fingerprint density at radius 1 is 0.929 bits per heavy atom. The Morgan fingerprint density at radius 3 is 1.96 bits per heavy atom. The number of likely N-dealkylation sites (tertiary alicyclic amines) is 2. The Morgan fingerprint density at radius 2 is 1.46 bits per heavy atom. The van der Waals surface area contributed by atoms with Crippen molar-refractivity contribution in [2.75, 3.05) is 52.5 Å². The van der Waals surface area contributed by atoms with E-state index in [1.807, 2.05) is 0 Å². The monoisotopic (exact) mass is 414 g/mol. The molecule has 0 aromatic heterocycles. The molecule has 28 heavy (non-hydrogen) atoms. The summed E-state index contributed by atoms with van der Waals surface area (Å²) in [6.07, 6.45) is 7.47. The smallest absolute Gasteiger partial charge is 0.191 e. The van der Waals surface area contributed by atoms with Crippen LogP contribution in [0.5, 0.6) is 0 Å². The van der Waals surface area contributed by atoms with Crippen molar-refractivity contribution in [2.24, 2.45) is 5.41 Å². The van der Waals surface area contributed by atoms with Crippen molar-refractivity contribution in [1.29, 1.82) is 0 Å². The summed E-state index contributed by atoms with van der Waals surface area (Å²) in [5.41, 5.74) is 0.508. The topological polar surface area (TPSA) is 56.2 Å². The zero-order chi connectivity index (χ0) is 20.8.